The van der Waals surface area contributed by atoms with Crippen LogP contribution in [0.3, 0.4) is 0 Å². The van der Waals surface area contributed by atoms with Crippen molar-refractivity contribution in [3.63, 3.8) is 0 Å². The number of aliphatic carboxylic acids is 1. The van der Waals surface area contributed by atoms with Gasteiger partial charge in [-0.2, -0.15) is 0 Å². The van der Waals surface area contributed by atoms with E-state index in [2.05, 4.69) is 31.1 Å². The predicted octanol–water partition coefficient (Wildman–Crippen LogP) is 2.90. The van der Waals surface area contributed by atoms with Gasteiger partial charge in [0.05, 0.1) is 16.6 Å². The molecule has 23 heavy (non-hydrogen) atoms. The smallest absolute Gasteiger partial charge is 0.307 e. The molecular formula is C17H26N2O3S. The van der Waals surface area contributed by atoms with E-state index < -0.39 is 5.97 Å². The summed E-state index contributed by atoms with van der Waals surface area (Å²) in [7, 11) is 0. The lowest BCUT2D eigenvalue weighted by molar-refractivity contribution is -0.141. The van der Waals surface area contributed by atoms with Crippen LogP contribution in [-0.4, -0.2) is 46.3 Å². The summed E-state index contributed by atoms with van der Waals surface area (Å²) >= 11 is 1.70. The van der Waals surface area contributed by atoms with E-state index in [0.717, 1.165) is 49.7 Å². The molecule has 1 spiro atoms. The van der Waals surface area contributed by atoms with Gasteiger partial charge in [-0.05, 0) is 19.3 Å². The molecule has 0 aliphatic carbocycles. The van der Waals surface area contributed by atoms with Gasteiger partial charge in [0.25, 0.3) is 0 Å². The fraction of sp³-hybridized carbons (Fsp3) is 0.765. The first-order valence-electron chi connectivity index (χ1n) is 8.31. The number of thiazole rings is 1. The van der Waals surface area contributed by atoms with Gasteiger partial charge in [0.2, 0.25) is 0 Å². The van der Waals surface area contributed by atoms with Crippen molar-refractivity contribution in [2.75, 3.05) is 19.8 Å². The van der Waals surface area contributed by atoms with E-state index in [9.17, 15) is 9.90 Å². The fourth-order valence-corrected chi connectivity index (χ4v) is 4.60. The third kappa shape index (κ3) is 3.44. The van der Waals surface area contributed by atoms with Crippen molar-refractivity contribution in [3.8, 4) is 0 Å². The highest BCUT2D eigenvalue weighted by Crippen LogP contribution is 2.41. The van der Waals surface area contributed by atoms with Crippen molar-refractivity contribution in [2.45, 2.75) is 57.5 Å². The maximum Gasteiger partial charge on any atom is 0.307 e. The van der Waals surface area contributed by atoms with E-state index in [4.69, 9.17) is 9.72 Å². The number of rotatable bonds is 3. The average molecular weight is 338 g/mol. The van der Waals surface area contributed by atoms with Gasteiger partial charge in [-0.3, -0.25) is 9.69 Å². The molecule has 1 aromatic rings. The lowest BCUT2D eigenvalue weighted by Crippen LogP contribution is -2.47. The molecule has 128 valence electrons. The van der Waals surface area contributed by atoms with Crippen LogP contribution in [0, 0.1) is 5.92 Å². The topological polar surface area (TPSA) is 62.7 Å². The SMILES string of the molecule is CC(C)(C)c1nc(CN2CC(C(=O)O)CC23CCOCC3)cs1. The average Bonchev–Trinajstić information content (AvgIpc) is 3.07. The van der Waals surface area contributed by atoms with Gasteiger partial charge in [-0.1, -0.05) is 20.8 Å². The van der Waals surface area contributed by atoms with Crippen LogP contribution in [0.2, 0.25) is 0 Å². The van der Waals surface area contributed by atoms with Crippen molar-refractivity contribution in [3.05, 3.63) is 16.1 Å². The van der Waals surface area contributed by atoms with E-state index in [1.807, 2.05) is 0 Å². The summed E-state index contributed by atoms with van der Waals surface area (Å²) in [6, 6.07) is 0. The molecule has 1 N–H and O–H groups in total. The van der Waals surface area contributed by atoms with Crippen molar-refractivity contribution in [1.82, 2.24) is 9.88 Å². The molecule has 1 atom stereocenters. The molecule has 0 radical (unpaired) electrons. The van der Waals surface area contributed by atoms with Gasteiger partial charge < -0.3 is 9.84 Å². The van der Waals surface area contributed by atoms with E-state index in [1.54, 1.807) is 11.3 Å². The Kier molecular flexibility index (Phi) is 4.51. The Morgan fingerprint density at radius 2 is 2.17 bits per heavy atom. The summed E-state index contributed by atoms with van der Waals surface area (Å²) in [5.41, 5.74) is 1.11. The Morgan fingerprint density at radius 3 is 2.74 bits per heavy atom. The second-order valence-corrected chi connectivity index (χ2v) is 8.71. The van der Waals surface area contributed by atoms with E-state index >= 15 is 0 Å². The van der Waals surface area contributed by atoms with Crippen molar-refractivity contribution in [1.29, 1.82) is 0 Å². The zero-order valence-corrected chi connectivity index (χ0v) is 15.0. The largest absolute Gasteiger partial charge is 0.481 e. The first-order valence-corrected chi connectivity index (χ1v) is 9.19. The third-order valence-electron chi connectivity index (χ3n) is 5.06. The standard InChI is InChI=1S/C17H26N2O3S/c1-16(2,3)15-18-13(11-23-15)10-19-9-12(14(20)21)8-17(19)4-6-22-7-5-17/h11-12H,4-10H2,1-3H3,(H,20,21). The minimum atomic E-state index is -0.674. The van der Waals surface area contributed by atoms with Crippen LogP contribution in [0.1, 0.15) is 50.7 Å². The van der Waals surface area contributed by atoms with E-state index in [0.29, 0.717) is 6.54 Å². The number of aromatic nitrogens is 1. The molecule has 0 bridgehead atoms. The first-order chi connectivity index (χ1) is 10.8. The van der Waals surface area contributed by atoms with Crippen LogP contribution in [0.25, 0.3) is 0 Å². The summed E-state index contributed by atoms with van der Waals surface area (Å²) < 4.78 is 5.51. The van der Waals surface area contributed by atoms with Crippen molar-refractivity contribution < 1.29 is 14.6 Å². The summed E-state index contributed by atoms with van der Waals surface area (Å²) in [5, 5.41) is 12.7. The minimum absolute atomic E-state index is 0.0210. The molecule has 1 aromatic heterocycles. The number of hydrogen-bond acceptors (Lipinski definition) is 5. The Morgan fingerprint density at radius 1 is 1.48 bits per heavy atom. The van der Waals surface area contributed by atoms with Crippen LogP contribution in [0.5, 0.6) is 0 Å². The van der Waals surface area contributed by atoms with Gasteiger partial charge >= 0.3 is 5.97 Å². The lowest BCUT2D eigenvalue weighted by atomic mass is 9.85. The Hall–Kier alpha value is -0.980. The molecule has 2 aliphatic heterocycles. The van der Waals surface area contributed by atoms with E-state index in [1.165, 1.54) is 0 Å². The molecule has 0 amide bonds. The highest BCUT2D eigenvalue weighted by atomic mass is 32.1. The first kappa shape index (κ1) is 16.9. The number of carbonyl (C=O) groups is 1. The van der Waals surface area contributed by atoms with Gasteiger partial charge in [0.15, 0.2) is 0 Å². The van der Waals surface area contributed by atoms with Crippen molar-refractivity contribution >= 4 is 17.3 Å². The molecular weight excluding hydrogens is 312 g/mol. The Bertz CT molecular complexity index is 573. The molecule has 6 heteroatoms. The second kappa shape index (κ2) is 6.15. The summed E-state index contributed by atoms with van der Waals surface area (Å²) in [4.78, 5) is 18.6. The molecule has 3 heterocycles. The van der Waals surface area contributed by atoms with Crippen LogP contribution < -0.4 is 0 Å². The fourth-order valence-electron chi connectivity index (χ4n) is 3.70. The van der Waals surface area contributed by atoms with Gasteiger partial charge in [-0.15, -0.1) is 11.3 Å². The number of nitrogens with zero attached hydrogens (tertiary/aromatic N) is 2. The molecule has 2 saturated heterocycles. The number of likely N-dealkylation sites (tertiary alicyclic amines) is 1. The monoisotopic (exact) mass is 338 g/mol. The number of carboxylic acids is 1. The van der Waals surface area contributed by atoms with Gasteiger partial charge in [0, 0.05) is 42.6 Å². The normalized spacial score (nSPS) is 25.1. The van der Waals surface area contributed by atoms with Crippen molar-refractivity contribution in [2.24, 2.45) is 5.92 Å². The number of hydrogen-bond donors (Lipinski definition) is 1. The highest BCUT2D eigenvalue weighted by molar-refractivity contribution is 7.09. The van der Waals surface area contributed by atoms with Crippen LogP contribution in [0.4, 0.5) is 0 Å². The molecule has 5 nitrogen and oxygen atoms in total. The Labute approximate surface area is 141 Å². The summed E-state index contributed by atoms with van der Waals surface area (Å²) in [6.45, 7) is 9.35. The molecule has 0 saturated carbocycles. The zero-order valence-electron chi connectivity index (χ0n) is 14.2. The molecule has 1 unspecified atom stereocenters. The predicted molar refractivity (Wildman–Crippen MR) is 89.8 cm³/mol. The molecule has 2 aliphatic rings. The quantitative estimate of drug-likeness (QED) is 0.918. The maximum absolute atomic E-state index is 11.5. The maximum atomic E-state index is 11.5. The summed E-state index contributed by atoms with van der Waals surface area (Å²) in [6.07, 6.45) is 2.59. The second-order valence-electron chi connectivity index (χ2n) is 7.85. The van der Waals surface area contributed by atoms with Crippen LogP contribution in [-0.2, 0) is 21.5 Å². The van der Waals surface area contributed by atoms with Gasteiger partial charge in [-0.25, -0.2) is 4.98 Å². The number of ether oxygens (including phenoxy) is 1. The summed E-state index contributed by atoms with van der Waals surface area (Å²) in [5.74, 6) is -0.944. The number of carboxylic acid groups (broad SMARTS) is 1. The van der Waals surface area contributed by atoms with Gasteiger partial charge in [0.1, 0.15) is 0 Å². The minimum Gasteiger partial charge on any atom is -0.481 e. The Balaban J connectivity index is 1.79. The molecule has 0 aromatic carbocycles. The zero-order chi connectivity index (χ0) is 16.7. The van der Waals surface area contributed by atoms with E-state index in [-0.39, 0.29) is 16.9 Å². The lowest BCUT2D eigenvalue weighted by Gasteiger charge is -2.41. The molecule has 2 fully saturated rings. The highest BCUT2D eigenvalue weighted by Gasteiger charge is 2.48. The molecule has 3 rings (SSSR count). The van der Waals surface area contributed by atoms with Crippen LogP contribution >= 0.6 is 11.3 Å². The van der Waals surface area contributed by atoms with Crippen LogP contribution in [0.15, 0.2) is 5.38 Å². The third-order valence-corrected chi connectivity index (χ3v) is 6.37.